The third-order valence-electron chi connectivity index (χ3n) is 8.06. The molecule has 3 aromatic carbocycles. The van der Waals surface area contributed by atoms with Gasteiger partial charge >= 0.3 is 0 Å². The Bertz CT molecular complexity index is 1550. The monoisotopic (exact) mass is 642 g/mol. The molecule has 2 aliphatic heterocycles. The van der Waals surface area contributed by atoms with Crippen molar-refractivity contribution in [2.24, 2.45) is 0 Å². The van der Waals surface area contributed by atoms with Crippen molar-refractivity contribution in [1.82, 2.24) is 14.7 Å². The summed E-state index contributed by atoms with van der Waals surface area (Å²) in [6, 6.07) is 16.7. The van der Waals surface area contributed by atoms with Gasteiger partial charge in [-0.05, 0) is 100 Å². The molecule has 8 nitrogen and oxygen atoms in total. The molecule has 1 amide bonds. The summed E-state index contributed by atoms with van der Waals surface area (Å²) in [6.45, 7) is 7.57. The summed E-state index contributed by atoms with van der Waals surface area (Å²) in [6.07, 6.45) is 5.10. The lowest BCUT2D eigenvalue weighted by Crippen LogP contribution is -2.49. The maximum absolute atomic E-state index is 13.3. The molecule has 0 bridgehead atoms. The van der Waals surface area contributed by atoms with Crippen molar-refractivity contribution >= 4 is 50.6 Å². The molecular formula is C32H36Cl2N4O4S. The van der Waals surface area contributed by atoms with E-state index in [2.05, 4.69) is 14.5 Å². The van der Waals surface area contributed by atoms with Crippen LogP contribution in [0.3, 0.4) is 0 Å². The number of piperazine rings is 1. The third kappa shape index (κ3) is 7.96. The number of para-hydroxylation sites is 1. The fourth-order valence-corrected chi connectivity index (χ4v) is 7.20. The molecule has 3 aromatic rings. The van der Waals surface area contributed by atoms with Gasteiger partial charge in [-0.1, -0.05) is 41.8 Å². The smallest absolute Gasteiger partial charge is 0.261 e. The van der Waals surface area contributed by atoms with Crippen LogP contribution in [0.1, 0.15) is 52.0 Å². The molecule has 2 heterocycles. The van der Waals surface area contributed by atoms with Gasteiger partial charge in [-0.3, -0.25) is 19.2 Å². The van der Waals surface area contributed by atoms with Crippen molar-refractivity contribution in [1.29, 1.82) is 0 Å². The Morgan fingerprint density at radius 1 is 0.744 bits per heavy atom. The van der Waals surface area contributed by atoms with Gasteiger partial charge in [-0.25, -0.2) is 8.42 Å². The van der Waals surface area contributed by atoms with Gasteiger partial charge in [0.15, 0.2) is 5.78 Å². The van der Waals surface area contributed by atoms with E-state index in [0.29, 0.717) is 23.7 Å². The molecule has 0 radical (unpaired) electrons. The molecule has 0 aromatic heterocycles. The second kappa shape index (κ2) is 14.2. The highest BCUT2D eigenvalue weighted by molar-refractivity contribution is 7.92. The second-order valence-corrected chi connectivity index (χ2v) is 13.5. The minimum atomic E-state index is -4.05. The van der Waals surface area contributed by atoms with E-state index in [1.165, 1.54) is 80.9 Å². The Morgan fingerprint density at radius 2 is 1.40 bits per heavy atom. The lowest BCUT2D eigenvalue weighted by Gasteiger charge is -2.35. The molecular weight excluding hydrogens is 607 g/mol. The fourth-order valence-electron chi connectivity index (χ4n) is 5.63. The minimum absolute atomic E-state index is 0.0191. The summed E-state index contributed by atoms with van der Waals surface area (Å²) in [7, 11) is -4.05. The molecule has 2 fully saturated rings. The summed E-state index contributed by atoms with van der Waals surface area (Å²) in [5, 5.41) is 0.558. The lowest BCUT2D eigenvalue weighted by molar-refractivity contribution is 0.0630. The number of carbonyl (C=O) groups is 2. The summed E-state index contributed by atoms with van der Waals surface area (Å²) < 4.78 is 29.0. The lowest BCUT2D eigenvalue weighted by atomic mass is 10.0. The quantitative estimate of drug-likeness (QED) is 0.287. The second-order valence-electron chi connectivity index (χ2n) is 11.0. The van der Waals surface area contributed by atoms with Crippen LogP contribution in [-0.4, -0.2) is 87.2 Å². The van der Waals surface area contributed by atoms with E-state index < -0.39 is 15.8 Å². The molecule has 0 atom stereocenters. The molecule has 0 saturated carbocycles. The number of anilines is 1. The van der Waals surface area contributed by atoms with Crippen LogP contribution in [0.15, 0.2) is 71.6 Å². The highest BCUT2D eigenvalue weighted by Crippen LogP contribution is 2.28. The topological polar surface area (TPSA) is 90.0 Å². The van der Waals surface area contributed by atoms with E-state index in [0.717, 1.165) is 32.6 Å². The fraction of sp³-hybridized carbons (Fsp3) is 0.375. The van der Waals surface area contributed by atoms with Crippen molar-refractivity contribution in [3.05, 3.63) is 93.5 Å². The van der Waals surface area contributed by atoms with Gasteiger partial charge in [-0.15, -0.1) is 0 Å². The largest absolute Gasteiger partial charge is 0.336 e. The van der Waals surface area contributed by atoms with Crippen LogP contribution in [0.5, 0.6) is 0 Å². The molecule has 5 rings (SSSR count). The SMILES string of the molecule is O=C(c1ccc(Cl)cc1Cl)c1ccccc1NS(=O)(=O)c1ccc(C(=O)N2CCN(CCCN3CCCCC3)CC2)cc1. The van der Waals surface area contributed by atoms with Crippen molar-refractivity contribution in [2.45, 2.75) is 30.6 Å². The molecule has 0 aliphatic carbocycles. The van der Waals surface area contributed by atoms with Crippen LogP contribution in [0.4, 0.5) is 5.69 Å². The summed E-state index contributed by atoms with van der Waals surface area (Å²) in [5.41, 5.74) is 0.907. The van der Waals surface area contributed by atoms with E-state index in [4.69, 9.17) is 23.2 Å². The number of carbonyl (C=O) groups excluding carboxylic acids is 2. The number of rotatable bonds is 10. The average molecular weight is 644 g/mol. The number of piperidine rings is 1. The number of hydrogen-bond acceptors (Lipinski definition) is 6. The van der Waals surface area contributed by atoms with Crippen molar-refractivity contribution in [3.8, 4) is 0 Å². The Labute approximate surface area is 263 Å². The van der Waals surface area contributed by atoms with E-state index in [1.807, 2.05) is 4.90 Å². The van der Waals surface area contributed by atoms with E-state index in [1.54, 1.807) is 18.2 Å². The van der Waals surface area contributed by atoms with Crippen molar-refractivity contribution in [3.63, 3.8) is 0 Å². The molecule has 0 spiro atoms. The van der Waals surface area contributed by atoms with Crippen LogP contribution >= 0.6 is 23.2 Å². The normalized spacial score (nSPS) is 16.7. The standard InChI is InChI=1S/C32H36Cl2N4O4S/c33-25-11-14-27(29(34)23-25)31(39)28-7-2-3-8-30(28)35-43(41,42)26-12-9-24(10-13-26)32(40)38-21-19-37(20-22-38)18-6-17-36-15-4-1-5-16-36/h2-3,7-14,23,35H,1,4-6,15-22H2. The average Bonchev–Trinajstić information content (AvgIpc) is 3.01. The van der Waals surface area contributed by atoms with Gasteiger partial charge in [-0.2, -0.15) is 0 Å². The molecule has 2 aliphatic rings. The first kappa shape index (κ1) is 31.5. The van der Waals surface area contributed by atoms with Crippen LogP contribution in [0.2, 0.25) is 10.0 Å². The van der Waals surface area contributed by atoms with E-state index in [-0.39, 0.29) is 32.6 Å². The number of nitrogens with one attached hydrogen (secondary N) is 1. The molecule has 2 saturated heterocycles. The zero-order chi connectivity index (χ0) is 30.4. The van der Waals surface area contributed by atoms with E-state index >= 15 is 0 Å². The maximum Gasteiger partial charge on any atom is 0.261 e. The highest BCUT2D eigenvalue weighted by Gasteiger charge is 2.24. The number of nitrogens with zero attached hydrogens (tertiary/aromatic N) is 3. The number of amides is 1. The predicted octanol–water partition coefficient (Wildman–Crippen LogP) is 5.66. The zero-order valence-corrected chi connectivity index (χ0v) is 26.3. The Hall–Kier alpha value is -2.95. The molecule has 11 heteroatoms. The van der Waals surface area contributed by atoms with Gasteiger partial charge in [0.2, 0.25) is 0 Å². The van der Waals surface area contributed by atoms with Gasteiger partial charge in [0.05, 0.1) is 15.6 Å². The van der Waals surface area contributed by atoms with Crippen LogP contribution in [0.25, 0.3) is 0 Å². The Kier molecular flexibility index (Phi) is 10.4. The van der Waals surface area contributed by atoms with Crippen molar-refractivity contribution in [2.75, 3.05) is 57.1 Å². The van der Waals surface area contributed by atoms with Crippen molar-refractivity contribution < 1.29 is 18.0 Å². The molecule has 0 unspecified atom stereocenters. The summed E-state index contributed by atoms with van der Waals surface area (Å²) in [4.78, 5) is 33.2. The van der Waals surface area contributed by atoms with Crippen LogP contribution < -0.4 is 4.72 Å². The molecule has 43 heavy (non-hydrogen) atoms. The highest BCUT2D eigenvalue weighted by atomic mass is 35.5. The van der Waals surface area contributed by atoms with Crippen LogP contribution in [0, 0.1) is 0 Å². The third-order valence-corrected chi connectivity index (χ3v) is 9.99. The number of sulfonamides is 1. The van der Waals surface area contributed by atoms with Gasteiger partial charge in [0.25, 0.3) is 15.9 Å². The number of hydrogen-bond donors (Lipinski definition) is 1. The van der Waals surface area contributed by atoms with E-state index in [9.17, 15) is 18.0 Å². The first-order valence-corrected chi connectivity index (χ1v) is 16.9. The maximum atomic E-state index is 13.3. The number of ketones is 1. The first-order valence-electron chi connectivity index (χ1n) is 14.7. The zero-order valence-electron chi connectivity index (χ0n) is 24.0. The van der Waals surface area contributed by atoms with Gasteiger partial charge in [0.1, 0.15) is 0 Å². The predicted molar refractivity (Wildman–Crippen MR) is 171 cm³/mol. The Balaban J connectivity index is 1.18. The minimum Gasteiger partial charge on any atom is -0.336 e. The molecule has 228 valence electrons. The molecule has 1 N–H and O–H groups in total. The first-order chi connectivity index (χ1) is 20.7. The number of halogens is 2. The summed E-state index contributed by atoms with van der Waals surface area (Å²) in [5.74, 6) is -0.552. The summed E-state index contributed by atoms with van der Waals surface area (Å²) >= 11 is 12.2. The van der Waals surface area contributed by atoms with Crippen LogP contribution in [-0.2, 0) is 10.0 Å². The number of likely N-dealkylation sites (tertiary alicyclic amines) is 1. The van der Waals surface area contributed by atoms with Gasteiger partial charge < -0.3 is 9.80 Å². The number of benzene rings is 3. The Morgan fingerprint density at radius 3 is 2.07 bits per heavy atom. The van der Waals surface area contributed by atoms with Gasteiger partial charge in [0, 0.05) is 47.9 Å².